The molecule has 1 aliphatic rings. The van der Waals surface area contributed by atoms with Gasteiger partial charge in [0.2, 0.25) is 0 Å². The lowest BCUT2D eigenvalue weighted by Crippen LogP contribution is -2.24. The third kappa shape index (κ3) is 4.63. The van der Waals surface area contributed by atoms with Gasteiger partial charge in [-0.05, 0) is 51.3 Å². The van der Waals surface area contributed by atoms with E-state index in [2.05, 4.69) is 11.8 Å². The number of likely N-dealkylation sites (tertiary alicyclic amines) is 1. The molecule has 2 rings (SSSR count). The first-order valence-corrected chi connectivity index (χ1v) is 8.40. The van der Waals surface area contributed by atoms with Crippen molar-refractivity contribution in [3.05, 3.63) is 23.8 Å². The van der Waals surface area contributed by atoms with Crippen molar-refractivity contribution in [3.8, 4) is 11.5 Å². The van der Waals surface area contributed by atoms with Gasteiger partial charge < -0.3 is 9.84 Å². The molecule has 1 heterocycles. The summed E-state index contributed by atoms with van der Waals surface area (Å²) in [6.45, 7) is 7.90. The van der Waals surface area contributed by atoms with Gasteiger partial charge in [0.1, 0.15) is 0 Å². The number of para-hydroxylation sites is 1. The van der Waals surface area contributed by atoms with Crippen molar-refractivity contribution in [2.45, 2.75) is 52.5 Å². The quantitative estimate of drug-likeness (QED) is 0.853. The molecule has 0 amide bonds. The van der Waals surface area contributed by atoms with Crippen LogP contribution in [-0.2, 0) is 6.54 Å². The van der Waals surface area contributed by atoms with Crippen LogP contribution in [0.4, 0.5) is 0 Å². The van der Waals surface area contributed by atoms with Crippen molar-refractivity contribution in [1.82, 2.24) is 4.90 Å². The molecule has 21 heavy (non-hydrogen) atoms. The van der Waals surface area contributed by atoms with E-state index in [0.29, 0.717) is 18.1 Å². The Bertz CT molecular complexity index is 433. The van der Waals surface area contributed by atoms with E-state index in [1.165, 1.54) is 32.1 Å². The van der Waals surface area contributed by atoms with E-state index < -0.39 is 0 Å². The molecule has 0 radical (unpaired) electrons. The topological polar surface area (TPSA) is 32.7 Å². The lowest BCUT2D eigenvalue weighted by atomic mass is 9.96. The molecule has 118 valence electrons. The van der Waals surface area contributed by atoms with Gasteiger partial charge in [-0.3, -0.25) is 4.90 Å². The van der Waals surface area contributed by atoms with Gasteiger partial charge in [0.15, 0.2) is 11.5 Å². The smallest absolute Gasteiger partial charge is 0.162 e. The maximum Gasteiger partial charge on any atom is 0.162 e. The second-order valence-electron chi connectivity index (χ2n) is 6.06. The summed E-state index contributed by atoms with van der Waals surface area (Å²) in [5.74, 6) is 1.81. The maximum atomic E-state index is 10.3. The predicted molar refractivity (Wildman–Crippen MR) is 86.8 cm³/mol. The van der Waals surface area contributed by atoms with Gasteiger partial charge in [0, 0.05) is 12.1 Å². The van der Waals surface area contributed by atoms with E-state index in [1.807, 2.05) is 25.1 Å². The second kappa shape index (κ2) is 8.28. The molecule has 1 unspecified atom stereocenters. The van der Waals surface area contributed by atoms with E-state index in [-0.39, 0.29) is 0 Å². The summed E-state index contributed by atoms with van der Waals surface area (Å²) in [5.41, 5.74) is 0.981. The molecule has 1 aromatic rings. The number of nitrogens with zero attached hydrogens (tertiary/aromatic N) is 1. The summed E-state index contributed by atoms with van der Waals surface area (Å²) in [7, 11) is 0. The highest BCUT2D eigenvalue weighted by molar-refractivity contribution is 5.45. The van der Waals surface area contributed by atoms with Crippen molar-refractivity contribution in [2.75, 3.05) is 19.7 Å². The standard InChI is InChI=1S/C18H29NO2/c1-3-7-15-8-6-12-19(13-11-15)14-16-9-5-10-17(18(16)20)21-4-2/h5,9-10,15,20H,3-4,6-8,11-14H2,1-2H3. The van der Waals surface area contributed by atoms with E-state index in [4.69, 9.17) is 4.74 Å². The average Bonchev–Trinajstić information content (AvgIpc) is 2.70. The van der Waals surface area contributed by atoms with E-state index in [9.17, 15) is 5.11 Å². The number of hydrogen-bond acceptors (Lipinski definition) is 3. The van der Waals surface area contributed by atoms with Crippen LogP contribution in [0.25, 0.3) is 0 Å². The molecule has 1 aliphatic heterocycles. The van der Waals surface area contributed by atoms with Crippen molar-refractivity contribution in [2.24, 2.45) is 5.92 Å². The molecular formula is C18H29NO2. The van der Waals surface area contributed by atoms with Crippen molar-refractivity contribution in [1.29, 1.82) is 0 Å². The molecule has 0 spiro atoms. The summed E-state index contributed by atoms with van der Waals surface area (Å²) >= 11 is 0. The maximum absolute atomic E-state index is 10.3. The molecule has 1 saturated heterocycles. The van der Waals surface area contributed by atoms with Gasteiger partial charge in [-0.15, -0.1) is 0 Å². The van der Waals surface area contributed by atoms with Crippen LogP contribution in [0.15, 0.2) is 18.2 Å². The SMILES string of the molecule is CCCC1CCCN(Cc2cccc(OCC)c2O)CC1. The monoisotopic (exact) mass is 291 g/mol. The molecule has 0 aromatic heterocycles. The Balaban J connectivity index is 1.96. The van der Waals surface area contributed by atoms with Gasteiger partial charge in [-0.1, -0.05) is 31.9 Å². The molecular weight excluding hydrogens is 262 g/mol. The number of benzene rings is 1. The summed E-state index contributed by atoms with van der Waals surface area (Å²) < 4.78 is 5.47. The number of aromatic hydroxyl groups is 1. The normalized spacial score (nSPS) is 20.2. The van der Waals surface area contributed by atoms with Gasteiger partial charge in [0.05, 0.1) is 6.61 Å². The summed E-state index contributed by atoms with van der Waals surface area (Å²) in [5, 5.41) is 10.3. The van der Waals surface area contributed by atoms with Crippen LogP contribution >= 0.6 is 0 Å². The Morgan fingerprint density at radius 1 is 1.24 bits per heavy atom. The minimum Gasteiger partial charge on any atom is -0.504 e. The molecule has 1 N–H and O–H groups in total. The van der Waals surface area contributed by atoms with Crippen LogP contribution in [0.2, 0.25) is 0 Å². The fourth-order valence-corrected chi connectivity index (χ4v) is 3.29. The van der Waals surface area contributed by atoms with Crippen LogP contribution < -0.4 is 4.74 Å². The first-order chi connectivity index (χ1) is 10.2. The third-order valence-corrected chi connectivity index (χ3v) is 4.41. The van der Waals surface area contributed by atoms with E-state index in [1.54, 1.807) is 0 Å². The lowest BCUT2D eigenvalue weighted by molar-refractivity contribution is 0.264. The number of rotatable bonds is 6. The Morgan fingerprint density at radius 3 is 2.86 bits per heavy atom. The third-order valence-electron chi connectivity index (χ3n) is 4.41. The first kappa shape index (κ1) is 16.2. The molecule has 1 fully saturated rings. The molecule has 0 saturated carbocycles. The van der Waals surface area contributed by atoms with Crippen LogP contribution in [0.1, 0.15) is 51.5 Å². The van der Waals surface area contributed by atoms with Crippen LogP contribution in [0.3, 0.4) is 0 Å². The number of phenols is 1. The van der Waals surface area contributed by atoms with E-state index >= 15 is 0 Å². The zero-order chi connectivity index (χ0) is 15.1. The van der Waals surface area contributed by atoms with Crippen LogP contribution in [-0.4, -0.2) is 29.7 Å². The van der Waals surface area contributed by atoms with Crippen LogP contribution in [0, 0.1) is 5.92 Å². The highest BCUT2D eigenvalue weighted by Gasteiger charge is 2.18. The molecule has 1 atom stereocenters. The summed E-state index contributed by atoms with van der Waals surface area (Å²) in [4.78, 5) is 2.47. The van der Waals surface area contributed by atoms with Gasteiger partial charge in [-0.2, -0.15) is 0 Å². The first-order valence-electron chi connectivity index (χ1n) is 8.40. The molecule has 3 nitrogen and oxygen atoms in total. The average molecular weight is 291 g/mol. The zero-order valence-corrected chi connectivity index (χ0v) is 13.5. The summed E-state index contributed by atoms with van der Waals surface area (Å²) in [6.07, 6.45) is 6.58. The highest BCUT2D eigenvalue weighted by atomic mass is 16.5. The Labute approximate surface area is 128 Å². The summed E-state index contributed by atoms with van der Waals surface area (Å²) in [6, 6.07) is 5.81. The number of hydrogen-bond donors (Lipinski definition) is 1. The Hall–Kier alpha value is -1.22. The van der Waals surface area contributed by atoms with E-state index in [0.717, 1.165) is 31.1 Å². The fourth-order valence-electron chi connectivity index (χ4n) is 3.29. The van der Waals surface area contributed by atoms with Gasteiger partial charge >= 0.3 is 0 Å². The van der Waals surface area contributed by atoms with Crippen molar-refractivity contribution in [3.63, 3.8) is 0 Å². The number of ether oxygens (including phenoxy) is 1. The largest absolute Gasteiger partial charge is 0.504 e. The molecule has 0 aliphatic carbocycles. The fraction of sp³-hybridized carbons (Fsp3) is 0.667. The number of phenolic OH excluding ortho intramolecular Hbond substituents is 1. The Morgan fingerprint density at radius 2 is 2.10 bits per heavy atom. The Kier molecular flexibility index (Phi) is 6.37. The predicted octanol–water partition coefficient (Wildman–Crippen LogP) is 4.19. The zero-order valence-electron chi connectivity index (χ0n) is 13.5. The second-order valence-corrected chi connectivity index (χ2v) is 6.06. The lowest BCUT2D eigenvalue weighted by Gasteiger charge is -2.21. The van der Waals surface area contributed by atoms with Crippen molar-refractivity contribution >= 4 is 0 Å². The highest BCUT2D eigenvalue weighted by Crippen LogP contribution is 2.31. The molecule has 0 bridgehead atoms. The molecule has 1 aromatic carbocycles. The minimum absolute atomic E-state index is 0.314. The van der Waals surface area contributed by atoms with Crippen molar-refractivity contribution < 1.29 is 9.84 Å². The minimum atomic E-state index is 0.314. The van der Waals surface area contributed by atoms with Crippen LogP contribution in [0.5, 0.6) is 11.5 Å². The van der Waals surface area contributed by atoms with Gasteiger partial charge in [0.25, 0.3) is 0 Å². The molecule has 3 heteroatoms. The van der Waals surface area contributed by atoms with Gasteiger partial charge in [-0.25, -0.2) is 0 Å².